The Kier molecular flexibility index (Phi) is 5.04. The summed E-state index contributed by atoms with van der Waals surface area (Å²) in [5.41, 5.74) is 5.56. The quantitative estimate of drug-likeness (QED) is 0.290. The summed E-state index contributed by atoms with van der Waals surface area (Å²) >= 11 is 0. The molecule has 0 radical (unpaired) electrons. The van der Waals surface area contributed by atoms with Crippen molar-refractivity contribution in [2.75, 3.05) is 12.3 Å². The van der Waals surface area contributed by atoms with Gasteiger partial charge in [-0.1, -0.05) is 0 Å². The first-order valence-corrected chi connectivity index (χ1v) is 8.94. The van der Waals surface area contributed by atoms with Gasteiger partial charge in [0.2, 0.25) is 12.4 Å². The molecule has 0 aliphatic carbocycles. The molecule has 0 fully saturated rings. The fourth-order valence-corrected chi connectivity index (χ4v) is 3.01. The van der Waals surface area contributed by atoms with Crippen LogP contribution in [-0.2, 0) is 25.2 Å². The highest BCUT2D eigenvalue weighted by Gasteiger charge is 2.30. The molecule has 2 unspecified atom stereocenters. The van der Waals surface area contributed by atoms with E-state index in [9.17, 15) is 29.0 Å². The van der Waals surface area contributed by atoms with Crippen LogP contribution in [0.25, 0.3) is 11.0 Å². The molecule has 13 nitrogen and oxygen atoms in total. The number of anilines is 1. The van der Waals surface area contributed by atoms with Gasteiger partial charge in [-0.2, -0.15) is 4.98 Å². The molecule has 146 valence electrons. The molecule has 0 spiro atoms. The Hall–Kier alpha value is -2.70. The molecule has 0 saturated carbocycles. The first kappa shape index (κ1) is 19.1. The standard InChI is InChI=1S/C13H16N5O8P/c14-13-16-11-10(12(21)17-13)6(2-15-5-19)3-18(11)9-1-7(20)8(26-9)4-25-27(22,23)24/h1,3,5,8-9,20H,2,4H2,(H,15,19)(H2,22,23,24)(H3,14,16,17,21)/p-2. The molecule has 14 heteroatoms. The molecule has 1 aliphatic heterocycles. The maximum absolute atomic E-state index is 12.2. The lowest BCUT2D eigenvalue weighted by Gasteiger charge is -2.29. The van der Waals surface area contributed by atoms with E-state index in [1.165, 1.54) is 16.8 Å². The fraction of sp³-hybridized carbons (Fsp3) is 0.308. The van der Waals surface area contributed by atoms with E-state index in [1.807, 2.05) is 0 Å². The number of amides is 1. The Morgan fingerprint density at radius 1 is 1.56 bits per heavy atom. The number of carbonyl (C=O) groups excluding carboxylic acids is 1. The number of aromatic nitrogens is 3. The monoisotopic (exact) mass is 399 g/mol. The van der Waals surface area contributed by atoms with Crippen LogP contribution in [0, 0.1) is 0 Å². The first-order chi connectivity index (χ1) is 12.7. The van der Waals surface area contributed by atoms with Gasteiger partial charge in [0.15, 0.2) is 11.9 Å². The summed E-state index contributed by atoms with van der Waals surface area (Å²) in [4.78, 5) is 50.4. The lowest BCUT2D eigenvalue weighted by Crippen LogP contribution is -2.24. The second-order valence-corrected chi connectivity index (χ2v) is 6.71. The number of aromatic amines is 1. The van der Waals surface area contributed by atoms with Crippen LogP contribution in [0.15, 0.2) is 22.8 Å². The highest BCUT2D eigenvalue weighted by Crippen LogP contribution is 2.33. The number of aliphatic hydroxyl groups is 1. The van der Waals surface area contributed by atoms with Crippen LogP contribution < -0.4 is 26.4 Å². The van der Waals surface area contributed by atoms with Gasteiger partial charge < -0.3 is 44.3 Å². The van der Waals surface area contributed by atoms with E-state index >= 15 is 0 Å². The second-order valence-electron chi connectivity index (χ2n) is 5.56. The average molecular weight is 399 g/mol. The normalized spacial score (nSPS) is 20.0. The van der Waals surface area contributed by atoms with E-state index in [-0.39, 0.29) is 29.3 Å². The average Bonchev–Trinajstić information content (AvgIpc) is 3.11. The Balaban J connectivity index is 1.96. The Morgan fingerprint density at radius 3 is 2.96 bits per heavy atom. The van der Waals surface area contributed by atoms with Crippen LogP contribution in [0.4, 0.5) is 5.95 Å². The molecule has 2 atom stereocenters. The second kappa shape index (κ2) is 7.13. The Bertz CT molecular complexity index is 1010. The van der Waals surface area contributed by atoms with Crippen LogP contribution in [0.2, 0.25) is 0 Å². The molecule has 0 bridgehead atoms. The van der Waals surface area contributed by atoms with Crippen molar-refractivity contribution in [1.82, 2.24) is 19.9 Å². The number of nitrogens with one attached hydrogen (secondary N) is 2. The van der Waals surface area contributed by atoms with Crippen molar-refractivity contribution in [2.45, 2.75) is 18.9 Å². The van der Waals surface area contributed by atoms with Gasteiger partial charge in [0, 0.05) is 24.4 Å². The minimum atomic E-state index is -5.24. The predicted molar refractivity (Wildman–Crippen MR) is 85.9 cm³/mol. The van der Waals surface area contributed by atoms with Gasteiger partial charge in [0.05, 0.1) is 19.8 Å². The van der Waals surface area contributed by atoms with Crippen molar-refractivity contribution in [1.29, 1.82) is 0 Å². The van der Waals surface area contributed by atoms with E-state index in [0.29, 0.717) is 12.0 Å². The topological polar surface area (TPSA) is 208 Å². The van der Waals surface area contributed by atoms with E-state index < -0.39 is 32.3 Å². The Labute approximate surface area is 150 Å². The molecule has 1 amide bonds. The zero-order valence-electron chi connectivity index (χ0n) is 13.5. The molecule has 2 aromatic heterocycles. The van der Waals surface area contributed by atoms with E-state index in [0.717, 1.165) is 0 Å². The highest BCUT2D eigenvalue weighted by atomic mass is 31.2. The van der Waals surface area contributed by atoms with Gasteiger partial charge >= 0.3 is 0 Å². The number of nitrogens with two attached hydrogens (primary N) is 1. The molecular weight excluding hydrogens is 385 g/mol. The van der Waals surface area contributed by atoms with Crippen molar-refractivity contribution in [3.63, 3.8) is 0 Å². The number of phosphoric acid groups is 1. The van der Waals surface area contributed by atoms with E-state index in [2.05, 4.69) is 19.8 Å². The van der Waals surface area contributed by atoms with Gasteiger partial charge in [-0.05, 0) is 0 Å². The molecule has 1 aliphatic rings. The maximum Gasteiger partial charge on any atom is 0.262 e. The van der Waals surface area contributed by atoms with Gasteiger partial charge in [0.25, 0.3) is 5.56 Å². The number of phosphoric ester groups is 1. The summed E-state index contributed by atoms with van der Waals surface area (Å²) in [7, 11) is -5.24. The highest BCUT2D eigenvalue weighted by molar-refractivity contribution is 7.43. The van der Waals surface area contributed by atoms with Gasteiger partial charge in [-0.3, -0.25) is 14.6 Å². The van der Waals surface area contributed by atoms with Crippen LogP contribution in [-0.4, -0.2) is 38.8 Å². The van der Waals surface area contributed by atoms with Gasteiger partial charge in [0.1, 0.15) is 11.9 Å². The summed E-state index contributed by atoms with van der Waals surface area (Å²) in [5, 5.41) is 12.5. The third kappa shape index (κ3) is 4.02. The lowest BCUT2D eigenvalue weighted by molar-refractivity contribution is -0.342. The number of aliphatic hydroxyl groups excluding tert-OH is 1. The van der Waals surface area contributed by atoms with Crippen molar-refractivity contribution in [3.05, 3.63) is 33.9 Å². The minimum absolute atomic E-state index is 0.0200. The number of fused-ring (bicyclic) bond motifs is 1. The first-order valence-electron chi connectivity index (χ1n) is 7.48. The van der Waals surface area contributed by atoms with Crippen molar-refractivity contribution >= 4 is 31.2 Å². The van der Waals surface area contributed by atoms with E-state index in [1.54, 1.807) is 0 Å². The summed E-state index contributed by atoms with van der Waals surface area (Å²) < 4.78 is 21.6. The molecule has 5 N–H and O–H groups in total. The number of rotatable bonds is 7. The van der Waals surface area contributed by atoms with Crippen molar-refractivity contribution < 1.29 is 33.5 Å². The number of hydrogen-bond acceptors (Lipinski definition) is 10. The summed E-state index contributed by atoms with van der Waals surface area (Å²) in [6.07, 6.45) is 0.950. The van der Waals surface area contributed by atoms with Gasteiger partial charge in [-0.15, -0.1) is 0 Å². The zero-order valence-corrected chi connectivity index (χ0v) is 14.4. The number of ether oxygens (including phenoxy) is 1. The zero-order chi connectivity index (χ0) is 19.8. The molecule has 3 rings (SSSR count). The third-order valence-corrected chi connectivity index (χ3v) is 4.23. The van der Waals surface area contributed by atoms with Crippen LogP contribution in [0.3, 0.4) is 0 Å². The smallest absolute Gasteiger partial charge is 0.262 e. The minimum Gasteiger partial charge on any atom is -0.790 e. The molecular formula is C13H14N5O8P-2. The summed E-state index contributed by atoms with van der Waals surface area (Å²) in [6, 6.07) is 0. The maximum atomic E-state index is 12.2. The summed E-state index contributed by atoms with van der Waals surface area (Å²) in [5.74, 6) is -0.521. The molecule has 27 heavy (non-hydrogen) atoms. The number of H-pyrrole nitrogens is 1. The van der Waals surface area contributed by atoms with Crippen LogP contribution >= 0.6 is 7.82 Å². The summed E-state index contributed by atoms with van der Waals surface area (Å²) in [6.45, 7) is -0.690. The van der Waals surface area contributed by atoms with E-state index in [4.69, 9.17) is 10.5 Å². The molecule has 2 aromatic rings. The third-order valence-electron chi connectivity index (χ3n) is 3.76. The molecule has 3 heterocycles. The SMILES string of the molecule is Nc1nc2c(c(CNC=O)cn2C2C=C(O)C(COP(=O)([O-])[O-])O2)c(=O)[nH]1. The number of carbonyl (C=O) groups is 1. The lowest BCUT2D eigenvalue weighted by atomic mass is 10.2. The molecule has 0 saturated heterocycles. The van der Waals surface area contributed by atoms with Crippen LogP contribution in [0.1, 0.15) is 11.8 Å². The van der Waals surface area contributed by atoms with Crippen LogP contribution in [0.5, 0.6) is 0 Å². The molecule has 0 aromatic carbocycles. The number of hydrogen-bond donors (Lipinski definition) is 4. The van der Waals surface area contributed by atoms with Crippen molar-refractivity contribution in [3.8, 4) is 0 Å². The Morgan fingerprint density at radius 2 is 2.30 bits per heavy atom. The number of nitrogen functional groups attached to an aromatic ring is 1. The fourth-order valence-electron chi connectivity index (χ4n) is 2.69. The van der Waals surface area contributed by atoms with Gasteiger partial charge in [-0.25, -0.2) is 0 Å². The number of nitrogens with zero attached hydrogens (tertiary/aromatic N) is 2. The predicted octanol–water partition coefficient (Wildman–Crippen LogP) is -2.26. The largest absolute Gasteiger partial charge is 0.790 e. The van der Waals surface area contributed by atoms with Crippen molar-refractivity contribution in [2.24, 2.45) is 0 Å².